The van der Waals surface area contributed by atoms with Gasteiger partial charge in [0.1, 0.15) is 0 Å². The smallest absolute Gasteiger partial charge is 0.312 e. The Labute approximate surface area is 130 Å². The fourth-order valence-corrected chi connectivity index (χ4v) is 5.74. The number of hydrogen-bond donors (Lipinski definition) is 1. The molecule has 5 heteroatoms. The standard InChI is InChI=1S/C16H24ClNO3/c1-3-18-13(19)10(2)21-14(20)15-5-11-4-12(6-15)8-16(17,7-11)9-15/h10-12H,3-9H2,1-2H3,(H,18,19)/t10-,11-,12+,15?,16?/m0/s1. The van der Waals surface area contributed by atoms with Crippen LogP contribution in [0.2, 0.25) is 0 Å². The second-order valence-corrected chi connectivity index (χ2v) is 8.14. The lowest BCUT2D eigenvalue weighted by Gasteiger charge is -2.58. The molecule has 4 fully saturated rings. The van der Waals surface area contributed by atoms with Gasteiger partial charge in [-0.25, -0.2) is 0 Å². The highest BCUT2D eigenvalue weighted by Gasteiger charge is 2.61. The molecule has 1 N–H and O–H groups in total. The highest BCUT2D eigenvalue weighted by atomic mass is 35.5. The topological polar surface area (TPSA) is 55.4 Å². The van der Waals surface area contributed by atoms with Crippen molar-refractivity contribution < 1.29 is 14.3 Å². The summed E-state index contributed by atoms with van der Waals surface area (Å²) in [5.41, 5.74) is -0.438. The van der Waals surface area contributed by atoms with E-state index in [1.165, 1.54) is 6.42 Å². The molecule has 4 bridgehead atoms. The fraction of sp³-hybridized carbons (Fsp3) is 0.875. The average molecular weight is 314 g/mol. The minimum atomic E-state index is -0.725. The number of likely N-dealkylation sites (N-methyl/N-ethyl adjacent to an activating group) is 1. The average Bonchev–Trinajstić information content (AvgIpc) is 2.35. The molecule has 0 aromatic carbocycles. The Morgan fingerprint density at radius 2 is 1.90 bits per heavy atom. The fourth-order valence-electron chi connectivity index (χ4n) is 5.05. The molecule has 0 aromatic heterocycles. The number of amides is 1. The molecular formula is C16H24ClNO3. The number of hydrogen-bond acceptors (Lipinski definition) is 3. The van der Waals surface area contributed by atoms with E-state index in [0.29, 0.717) is 18.4 Å². The minimum Gasteiger partial charge on any atom is -0.452 e. The van der Waals surface area contributed by atoms with E-state index in [4.69, 9.17) is 16.3 Å². The summed E-state index contributed by atoms with van der Waals surface area (Å²) in [6.07, 6.45) is 5.04. The van der Waals surface area contributed by atoms with Crippen molar-refractivity contribution in [3.8, 4) is 0 Å². The summed E-state index contributed by atoms with van der Waals surface area (Å²) in [6, 6.07) is 0. The summed E-state index contributed by atoms with van der Waals surface area (Å²) in [5, 5.41) is 2.69. The maximum absolute atomic E-state index is 12.7. The van der Waals surface area contributed by atoms with Gasteiger partial charge >= 0.3 is 5.97 Å². The molecule has 4 rings (SSSR count). The van der Waals surface area contributed by atoms with Crippen LogP contribution in [0, 0.1) is 17.3 Å². The third-order valence-corrected chi connectivity index (χ3v) is 5.87. The van der Waals surface area contributed by atoms with Gasteiger partial charge in [-0.1, -0.05) is 0 Å². The van der Waals surface area contributed by atoms with Gasteiger partial charge in [0.15, 0.2) is 6.10 Å². The molecule has 0 aliphatic heterocycles. The zero-order valence-corrected chi connectivity index (χ0v) is 13.5. The van der Waals surface area contributed by atoms with E-state index in [1.807, 2.05) is 6.92 Å². The second kappa shape index (κ2) is 5.15. The lowest BCUT2D eigenvalue weighted by Crippen LogP contribution is -2.57. The molecule has 4 aliphatic rings. The number of halogens is 1. The van der Waals surface area contributed by atoms with Crippen molar-refractivity contribution in [3.05, 3.63) is 0 Å². The van der Waals surface area contributed by atoms with E-state index >= 15 is 0 Å². The number of alkyl halides is 1. The number of esters is 1. The van der Waals surface area contributed by atoms with Crippen LogP contribution in [0.1, 0.15) is 52.4 Å². The molecule has 1 amide bonds. The molecule has 21 heavy (non-hydrogen) atoms. The lowest BCUT2D eigenvalue weighted by atomic mass is 9.49. The molecule has 0 spiro atoms. The molecule has 2 unspecified atom stereocenters. The molecule has 4 saturated carbocycles. The summed E-state index contributed by atoms with van der Waals surface area (Å²) in [7, 11) is 0. The minimum absolute atomic E-state index is 0.208. The van der Waals surface area contributed by atoms with Gasteiger partial charge < -0.3 is 10.1 Å². The van der Waals surface area contributed by atoms with E-state index in [-0.39, 0.29) is 16.8 Å². The van der Waals surface area contributed by atoms with Crippen molar-refractivity contribution >= 4 is 23.5 Å². The number of ether oxygens (including phenoxy) is 1. The number of carbonyl (C=O) groups is 2. The van der Waals surface area contributed by atoms with Crippen molar-refractivity contribution in [1.82, 2.24) is 5.32 Å². The maximum atomic E-state index is 12.7. The Bertz CT molecular complexity index is 450. The zero-order chi connectivity index (χ0) is 15.3. The monoisotopic (exact) mass is 313 g/mol. The molecule has 118 valence electrons. The molecule has 0 aromatic rings. The van der Waals surface area contributed by atoms with Gasteiger partial charge in [0, 0.05) is 11.4 Å². The molecule has 4 aliphatic carbocycles. The first kappa shape index (κ1) is 15.1. The number of carbonyl (C=O) groups excluding carboxylic acids is 2. The summed E-state index contributed by atoms with van der Waals surface area (Å²) >= 11 is 6.73. The van der Waals surface area contributed by atoms with Crippen LogP contribution in [0.25, 0.3) is 0 Å². The Kier molecular flexibility index (Phi) is 3.71. The first-order chi connectivity index (χ1) is 9.86. The third-order valence-electron chi connectivity index (χ3n) is 5.43. The summed E-state index contributed by atoms with van der Waals surface area (Å²) < 4.78 is 5.48. The Morgan fingerprint density at radius 3 is 2.43 bits per heavy atom. The Morgan fingerprint density at radius 1 is 1.29 bits per heavy atom. The maximum Gasteiger partial charge on any atom is 0.312 e. The summed E-state index contributed by atoms with van der Waals surface area (Å²) in [6.45, 7) is 4.03. The number of rotatable bonds is 4. The molecule has 0 radical (unpaired) electrons. The van der Waals surface area contributed by atoms with Crippen LogP contribution in [-0.4, -0.2) is 29.4 Å². The van der Waals surface area contributed by atoms with Crippen LogP contribution < -0.4 is 5.32 Å². The summed E-state index contributed by atoms with van der Waals surface area (Å²) in [5.74, 6) is 0.670. The second-order valence-electron chi connectivity index (χ2n) is 7.33. The van der Waals surface area contributed by atoms with Gasteiger partial charge in [0.05, 0.1) is 5.41 Å². The van der Waals surface area contributed by atoms with Gasteiger partial charge in [-0.3, -0.25) is 9.59 Å². The van der Waals surface area contributed by atoms with E-state index in [9.17, 15) is 9.59 Å². The predicted molar refractivity (Wildman–Crippen MR) is 79.9 cm³/mol. The summed E-state index contributed by atoms with van der Waals surface area (Å²) in [4.78, 5) is 24.2. The quantitative estimate of drug-likeness (QED) is 0.641. The van der Waals surface area contributed by atoms with Crippen LogP contribution in [0.4, 0.5) is 0 Å². The van der Waals surface area contributed by atoms with Crippen LogP contribution in [0.3, 0.4) is 0 Å². The predicted octanol–water partition coefficient (Wildman–Crippen LogP) is 2.63. The van der Waals surface area contributed by atoms with Gasteiger partial charge in [0.25, 0.3) is 5.91 Å². The largest absolute Gasteiger partial charge is 0.452 e. The number of nitrogens with one attached hydrogen (secondary N) is 1. The van der Waals surface area contributed by atoms with Crippen molar-refractivity contribution in [3.63, 3.8) is 0 Å². The highest BCUT2D eigenvalue weighted by Crippen LogP contribution is 2.64. The molecule has 0 heterocycles. The van der Waals surface area contributed by atoms with Gasteiger partial charge in [-0.15, -0.1) is 11.6 Å². The van der Waals surface area contributed by atoms with Crippen LogP contribution in [0.15, 0.2) is 0 Å². The van der Waals surface area contributed by atoms with Crippen molar-refractivity contribution in [2.45, 2.75) is 63.4 Å². The van der Waals surface area contributed by atoms with Gasteiger partial charge in [-0.2, -0.15) is 0 Å². The first-order valence-corrected chi connectivity index (χ1v) is 8.41. The van der Waals surface area contributed by atoms with Crippen molar-refractivity contribution in [2.24, 2.45) is 17.3 Å². The van der Waals surface area contributed by atoms with Crippen LogP contribution in [0.5, 0.6) is 0 Å². The van der Waals surface area contributed by atoms with Gasteiger partial charge in [-0.05, 0) is 64.2 Å². The highest BCUT2D eigenvalue weighted by molar-refractivity contribution is 6.24. The van der Waals surface area contributed by atoms with Crippen molar-refractivity contribution in [1.29, 1.82) is 0 Å². The zero-order valence-electron chi connectivity index (χ0n) is 12.8. The van der Waals surface area contributed by atoms with E-state index < -0.39 is 11.5 Å². The molecular weight excluding hydrogens is 290 g/mol. The Balaban J connectivity index is 1.71. The van der Waals surface area contributed by atoms with Gasteiger partial charge in [0.2, 0.25) is 0 Å². The molecule has 0 saturated heterocycles. The van der Waals surface area contributed by atoms with Crippen LogP contribution >= 0.6 is 11.6 Å². The normalized spacial score (nSPS) is 41.7. The van der Waals surface area contributed by atoms with E-state index in [0.717, 1.165) is 32.1 Å². The first-order valence-electron chi connectivity index (χ1n) is 8.03. The van der Waals surface area contributed by atoms with Crippen molar-refractivity contribution in [2.75, 3.05) is 6.54 Å². The third kappa shape index (κ3) is 2.67. The Hall–Kier alpha value is -0.770. The molecule has 4 nitrogen and oxygen atoms in total. The SMILES string of the molecule is CCNC(=O)[C@H](C)OC(=O)C12C[C@@H]3C[C@@H](CC(Cl)(C3)C1)C2. The van der Waals surface area contributed by atoms with Crippen LogP contribution in [-0.2, 0) is 14.3 Å². The lowest BCUT2D eigenvalue weighted by molar-refractivity contribution is -0.177. The molecule has 5 atom stereocenters. The van der Waals surface area contributed by atoms with E-state index in [1.54, 1.807) is 6.92 Å². The van der Waals surface area contributed by atoms with E-state index in [2.05, 4.69) is 5.32 Å².